The highest BCUT2D eigenvalue weighted by molar-refractivity contribution is 6.31. The van der Waals surface area contributed by atoms with E-state index in [1.807, 2.05) is 48.5 Å². The molecule has 36 heavy (non-hydrogen) atoms. The fourth-order valence-electron chi connectivity index (χ4n) is 4.96. The first-order valence-corrected chi connectivity index (χ1v) is 12.7. The molecule has 184 valence electrons. The van der Waals surface area contributed by atoms with Crippen LogP contribution in [0.2, 0.25) is 5.02 Å². The average molecular weight is 502 g/mol. The lowest BCUT2D eigenvalue weighted by Gasteiger charge is -2.22. The number of halogens is 1. The van der Waals surface area contributed by atoms with Gasteiger partial charge in [-0.3, -0.25) is 9.59 Å². The third kappa shape index (κ3) is 4.49. The average Bonchev–Trinajstić information content (AvgIpc) is 3.57. The zero-order chi connectivity index (χ0) is 25.2. The molecule has 0 radical (unpaired) electrons. The molecule has 1 N–H and O–H groups in total. The van der Waals surface area contributed by atoms with E-state index < -0.39 is 6.04 Å². The summed E-state index contributed by atoms with van der Waals surface area (Å²) in [6.07, 6.45) is 4.20. The highest BCUT2D eigenvalue weighted by Crippen LogP contribution is 2.38. The largest absolute Gasteiger partial charge is 0.467 e. The second kappa shape index (κ2) is 10.2. The Hall–Kier alpha value is -3.64. The molecule has 2 aromatic heterocycles. The van der Waals surface area contributed by atoms with E-state index in [1.165, 1.54) is 5.01 Å². The summed E-state index contributed by atoms with van der Waals surface area (Å²) in [5.74, 6) is 0.856. The van der Waals surface area contributed by atoms with Crippen LogP contribution in [0.5, 0.6) is 0 Å². The third-order valence-corrected chi connectivity index (χ3v) is 7.22. The molecule has 0 saturated carbocycles. The molecule has 0 spiro atoms. The van der Waals surface area contributed by atoms with Crippen LogP contribution in [0.15, 0.2) is 81.2 Å². The summed E-state index contributed by atoms with van der Waals surface area (Å²) in [6, 6.07) is 18.4. The quantitative estimate of drug-likeness (QED) is 0.297. The van der Waals surface area contributed by atoms with Crippen molar-refractivity contribution in [3.63, 3.8) is 0 Å². The maximum atomic E-state index is 13.5. The van der Waals surface area contributed by atoms with Crippen molar-refractivity contribution in [2.24, 2.45) is 11.0 Å². The second-order valence-corrected chi connectivity index (χ2v) is 9.60. The van der Waals surface area contributed by atoms with Gasteiger partial charge in [0.05, 0.1) is 17.5 Å². The summed E-state index contributed by atoms with van der Waals surface area (Å²) in [5, 5.41) is 7.69. The Morgan fingerprint density at radius 1 is 1.11 bits per heavy atom. The molecule has 1 amide bonds. The first-order valence-electron chi connectivity index (χ1n) is 12.3. The molecule has 5 rings (SSSR count). The smallest absolute Gasteiger partial charge is 0.258 e. The molecule has 2 aromatic carbocycles. The lowest BCUT2D eigenvalue weighted by Crippen LogP contribution is -2.28. The number of amides is 1. The minimum atomic E-state index is -0.407. The number of furan rings is 1. The minimum Gasteiger partial charge on any atom is -0.467 e. The van der Waals surface area contributed by atoms with Crippen molar-refractivity contribution in [1.29, 1.82) is 0 Å². The van der Waals surface area contributed by atoms with Crippen LogP contribution in [-0.4, -0.2) is 21.6 Å². The number of aromatic amines is 1. The van der Waals surface area contributed by atoms with E-state index in [-0.39, 0.29) is 17.4 Å². The van der Waals surface area contributed by atoms with Crippen LogP contribution in [0.3, 0.4) is 0 Å². The van der Waals surface area contributed by atoms with Crippen LogP contribution in [0.1, 0.15) is 56.9 Å². The maximum Gasteiger partial charge on any atom is 0.258 e. The topological polar surface area (TPSA) is 78.7 Å². The first kappa shape index (κ1) is 24.1. The zero-order valence-electron chi connectivity index (χ0n) is 20.3. The number of fused-ring (bicyclic) bond motifs is 1. The summed E-state index contributed by atoms with van der Waals surface area (Å²) in [4.78, 5) is 30.0. The molecule has 0 aliphatic carbocycles. The van der Waals surface area contributed by atoms with E-state index >= 15 is 0 Å². The fourth-order valence-corrected chi connectivity index (χ4v) is 5.13. The van der Waals surface area contributed by atoms with Crippen LogP contribution < -0.4 is 5.56 Å². The summed E-state index contributed by atoms with van der Waals surface area (Å²) in [5.41, 5.74) is 3.07. The molecule has 6 nitrogen and oxygen atoms in total. The number of benzene rings is 2. The lowest BCUT2D eigenvalue weighted by molar-refractivity contribution is -0.134. The van der Waals surface area contributed by atoms with Gasteiger partial charge in [-0.2, -0.15) is 5.10 Å². The summed E-state index contributed by atoms with van der Waals surface area (Å²) in [6.45, 7) is 4.19. The molecule has 0 unspecified atom stereocenters. The predicted molar refractivity (Wildman–Crippen MR) is 143 cm³/mol. The second-order valence-electron chi connectivity index (χ2n) is 9.17. The van der Waals surface area contributed by atoms with E-state index in [0.717, 1.165) is 29.4 Å². The van der Waals surface area contributed by atoms with Gasteiger partial charge in [-0.25, -0.2) is 5.01 Å². The number of rotatable bonds is 7. The van der Waals surface area contributed by atoms with Gasteiger partial charge < -0.3 is 9.40 Å². The maximum absolute atomic E-state index is 13.5. The van der Waals surface area contributed by atoms with Crippen LogP contribution in [0.25, 0.3) is 22.0 Å². The molecule has 4 aromatic rings. The summed E-state index contributed by atoms with van der Waals surface area (Å²) in [7, 11) is 0. The van der Waals surface area contributed by atoms with E-state index in [9.17, 15) is 9.59 Å². The number of nitrogens with one attached hydrogen (secondary N) is 1. The van der Waals surface area contributed by atoms with Crippen molar-refractivity contribution >= 4 is 34.1 Å². The van der Waals surface area contributed by atoms with Gasteiger partial charge in [0.1, 0.15) is 11.8 Å². The number of hydrogen-bond acceptors (Lipinski definition) is 4. The Kier molecular flexibility index (Phi) is 6.79. The van der Waals surface area contributed by atoms with Gasteiger partial charge in [0.2, 0.25) is 5.91 Å². The van der Waals surface area contributed by atoms with Crippen LogP contribution in [-0.2, 0) is 4.79 Å². The molecule has 1 atom stereocenters. The number of carbonyl (C=O) groups excluding carboxylic acids is 1. The van der Waals surface area contributed by atoms with Gasteiger partial charge in [-0.1, -0.05) is 68.6 Å². The molecule has 0 saturated heterocycles. The molecule has 7 heteroatoms. The first-order chi connectivity index (χ1) is 17.5. The Bertz CT molecular complexity index is 1470. The van der Waals surface area contributed by atoms with Crippen molar-refractivity contribution < 1.29 is 9.21 Å². The van der Waals surface area contributed by atoms with Crippen LogP contribution in [0, 0.1) is 5.92 Å². The molecular formula is C29H28ClN3O3. The van der Waals surface area contributed by atoms with E-state index in [0.29, 0.717) is 40.4 Å². The molecular weight excluding hydrogens is 474 g/mol. The molecule has 1 aliphatic heterocycles. The van der Waals surface area contributed by atoms with E-state index in [1.54, 1.807) is 18.4 Å². The van der Waals surface area contributed by atoms with E-state index in [4.69, 9.17) is 21.1 Å². The Labute approximate surface area is 214 Å². The summed E-state index contributed by atoms with van der Waals surface area (Å²) >= 11 is 6.37. The van der Waals surface area contributed by atoms with Gasteiger partial charge in [-0.05, 0) is 41.8 Å². The number of hydrazone groups is 1. The highest BCUT2D eigenvalue weighted by atomic mass is 35.5. The molecule has 0 bridgehead atoms. The van der Waals surface area contributed by atoms with Gasteiger partial charge in [-0.15, -0.1) is 0 Å². The fraction of sp³-hybridized carbons (Fsp3) is 0.276. The number of pyridine rings is 1. The highest BCUT2D eigenvalue weighted by Gasteiger charge is 2.37. The van der Waals surface area contributed by atoms with Crippen molar-refractivity contribution in [1.82, 2.24) is 9.99 Å². The number of carbonyl (C=O) groups is 1. The van der Waals surface area contributed by atoms with Crippen LogP contribution >= 0.6 is 11.6 Å². The normalized spacial score (nSPS) is 15.6. The number of nitrogens with zero attached hydrogens (tertiary/aromatic N) is 2. The Morgan fingerprint density at radius 2 is 1.89 bits per heavy atom. The minimum absolute atomic E-state index is 0.0679. The monoisotopic (exact) mass is 501 g/mol. The third-order valence-electron chi connectivity index (χ3n) is 6.98. The number of H-pyrrole nitrogens is 1. The van der Waals surface area contributed by atoms with Gasteiger partial charge in [0.25, 0.3) is 5.56 Å². The van der Waals surface area contributed by atoms with Gasteiger partial charge in [0.15, 0.2) is 0 Å². The summed E-state index contributed by atoms with van der Waals surface area (Å²) < 4.78 is 5.70. The van der Waals surface area contributed by atoms with Crippen molar-refractivity contribution in [2.75, 3.05) is 0 Å². The van der Waals surface area contributed by atoms with Gasteiger partial charge in [0, 0.05) is 34.3 Å². The van der Waals surface area contributed by atoms with Crippen molar-refractivity contribution in [3.05, 3.63) is 93.6 Å². The Balaban J connectivity index is 1.69. The van der Waals surface area contributed by atoms with E-state index in [2.05, 4.69) is 18.8 Å². The van der Waals surface area contributed by atoms with Crippen molar-refractivity contribution in [2.45, 2.75) is 45.6 Å². The molecule has 0 fully saturated rings. The van der Waals surface area contributed by atoms with Crippen LogP contribution in [0.4, 0.5) is 0 Å². The molecule has 3 heterocycles. The number of aromatic nitrogens is 1. The number of hydrogen-bond donors (Lipinski definition) is 1. The van der Waals surface area contributed by atoms with Crippen molar-refractivity contribution in [3.8, 4) is 11.1 Å². The van der Waals surface area contributed by atoms with Gasteiger partial charge >= 0.3 is 0 Å². The zero-order valence-corrected chi connectivity index (χ0v) is 21.1. The SMILES string of the molecule is CCC(CC)CC(=O)N1N=C(c2c(-c3ccccc3)c3cc(Cl)ccc3[nH]c2=O)C[C@@H]1c1ccco1. The Morgan fingerprint density at radius 3 is 2.58 bits per heavy atom. The predicted octanol–water partition coefficient (Wildman–Crippen LogP) is 6.95. The lowest BCUT2D eigenvalue weighted by atomic mass is 9.92. The standard InChI is InChI=1S/C29H28ClN3O3/c1-3-18(4-2)15-26(34)33-24(25-11-8-14-36-25)17-23(32-33)28-27(19-9-6-5-7-10-19)21-16-20(30)12-13-22(21)31-29(28)35/h5-14,16,18,24H,3-4,15,17H2,1-2H3,(H,31,35)/t24-/m1/s1. The molecule has 1 aliphatic rings.